The molecule has 2 N–H and O–H groups in total. The molecule has 0 aliphatic heterocycles. The van der Waals surface area contributed by atoms with E-state index in [2.05, 4.69) is 10.3 Å². The topological polar surface area (TPSA) is 83.7 Å². The van der Waals surface area contributed by atoms with Crippen LogP contribution in [0.3, 0.4) is 0 Å². The fourth-order valence-electron chi connectivity index (χ4n) is 3.37. The van der Waals surface area contributed by atoms with Crippen LogP contribution in [0.1, 0.15) is 54.6 Å². The normalized spacial score (nSPS) is 21.1. The second kappa shape index (κ2) is 7.44. The number of aliphatic hydroxyl groups is 1. The van der Waals surface area contributed by atoms with E-state index in [0.29, 0.717) is 17.4 Å². The maximum absolute atomic E-state index is 12.4. The second-order valence-corrected chi connectivity index (χ2v) is 7.32. The molecule has 0 saturated heterocycles. The largest absolute Gasteiger partial charge is 0.393 e. The molecule has 1 fully saturated rings. The van der Waals surface area contributed by atoms with Crippen molar-refractivity contribution in [3.8, 4) is 0 Å². The lowest BCUT2D eigenvalue weighted by atomic mass is 9.83. The van der Waals surface area contributed by atoms with Crippen molar-refractivity contribution in [2.45, 2.75) is 51.6 Å². The monoisotopic (exact) mass is 349 g/mol. The molecule has 0 spiro atoms. The molecule has 1 aliphatic carbocycles. The van der Waals surface area contributed by atoms with Crippen LogP contribution in [-0.2, 0) is 0 Å². The minimum Gasteiger partial charge on any atom is -0.393 e. The maximum Gasteiger partial charge on any atom is 0.271 e. The van der Waals surface area contributed by atoms with E-state index in [1.165, 1.54) is 28.4 Å². The van der Waals surface area contributed by atoms with Crippen molar-refractivity contribution in [1.29, 1.82) is 0 Å². The van der Waals surface area contributed by atoms with Gasteiger partial charge in [0.2, 0.25) is 0 Å². The molecule has 0 radical (unpaired) electrons. The van der Waals surface area contributed by atoms with Gasteiger partial charge >= 0.3 is 0 Å². The minimum absolute atomic E-state index is 0.0756. The third kappa shape index (κ3) is 3.52. The fourth-order valence-corrected chi connectivity index (χ4v) is 4.19. The number of fused-ring (bicyclic) bond motifs is 1. The van der Waals surface area contributed by atoms with Crippen molar-refractivity contribution in [1.82, 2.24) is 14.7 Å². The molecule has 7 heteroatoms. The summed E-state index contributed by atoms with van der Waals surface area (Å²) in [5, 5.41) is 14.6. The molecule has 1 saturated carbocycles. The molecule has 2 atom stereocenters. The Kier molecular flexibility index (Phi) is 5.30. The van der Waals surface area contributed by atoms with Gasteiger partial charge in [-0.1, -0.05) is 12.8 Å². The predicted octanol–water partition coefficient (Wildman–Crippen LogP) is 2.13. The predicted molar refractivity (Wildman–Crippen MR) is 93.6 cm³/mol. The number of hydrogen-bond donors (Lipinski definition) is 2. The summed E-state index contributed by atoms with van der Waals surface area (Å²) >= 11 is 1.38. The van der Waals surface area contributed by atoms with E-state index in [0.717, 1.165) is 37.8 Å². The molecule has 3 rings (SSSR count). The Morgan fingerprint density at radius 3 is 3.04 bits per heavy atom. The first-order valence-electron chi connectivity index (χ1n) is 8.50. The number of rotatable bonds is 5. The van der Waals surface area contributed by atoms with Crippen molar-refractivity contribution in [3.63, 3.8) is 0 Å². The van der Waals surface area contributed by atoms with Gasteiger partial charge < -0.3 is 10.4 Å². The van der Waals surface area contributed by atoms with E-state index in [9.17, 15) is 14.7 Å². The molecule has 24 heavy (non-hydrogen) atoms. The van der Waals surface area contributed by atoms with Gasteiger partial charge in [0.05, 0.1) is 6.10 Å². The van der Waals surface area contributed by atoms with E-state index in [-0.39, 0.29) is 23.1 Å². The molecule has 130 valence electrons. The number of aliphatic hydroxyl groups excluding tert-OH is 1. The zero-order valence-electron chi connectivity index (χ0n) is 13.8. The van der Waals surface area contributed by atoms with Gasteiger partial charge in [0.1, 0.15) is 5.56 Å². The number of nitrogens with zero attached hydrogens (tertiary/aromatic N) is 2. The Hall–Kier alpha value is -1.73. The summed E-state index contributed by atoms with van der Waals surface area (Å²) < 4.78 is 1.47. The molecule has 2 unspecified atom stereocenters. The number of carbonyl (C=O) groups is 1. The SMILES string of the molecule is Cc1csc2ncc(C(=O)NCCCC3CCCCC3O)c(=O)n12. The lowest BCUT2D eigenvalue weighted by Crippen LogP contribution is -2.32. The summed E-state index contributed by atoms with van der Waals surface area (Å²) in [6, 6.07) is 0. The number of hydrogen-bond acceptors (Lipinski definition) is 5. The lowest BCUT2D eigenvalue weighted by Gasteiger charge is -2.27. The number of carbonyl (C=O) groups excluding carboxylic acids is 1. The van der Waals surface area contributed by atoms with Crippen LogP contribution in [0.4, 0.5) is 0 Å². The first-order chi connectivity index (χ1) is 11.6. The number of thiazole rings is 1. The van der Waals surface area contributed by atoms with Gasteiger partial charge in [0.25, 0.3) is 11.5 Å². The standard InChI is InChI=1S/C17H23N3O3S/c1-11-10-24-17-19-9-13(16(23)20(11)17)15(22)18-8-4-6-12-5-2-3-7-14(12)21/h9-10,12,14,21H,2-8H2,1H3,(H,18,22). The number of nitrogens with one attached hydrogen (secondary N) is 1. The van der Waals surface area contributed by atoms with Crippen LogP contribution >= 0.6 is 11.3 Å². The minimum atomic E-state index is -0.378. The summed E-state index contributed by atoms with van der Waals surface area (Å²) in [6.07, 6.45) is 7.10. The molecule has 2 heterocycles. The summed E-state index contributed by atoms with van der Waals surface area (Å²) in [5.41, 5.74) is 0.541. The van der Waals surface area contributed by atoms with Gasteiger partial charge in [-0.3, -0.25) is 14.0 Å². The van der Waals surface area contributed by atoms with Gasteiger partial charge in [-0.25, -0.2) is 4.98 Å². The summed E-state index contributed by atoms with van der Waals surface area (Å²) in [6.45, 7) is 2.33. The quantitative estimate of drug-likeness (QED) is 0.810. The first kappa shape index (κ1) is 17.1. The van der Waals surface area contributed by atoms with Crippen LogP contribution in [0.15, 0.2) is 16.4 Å². The zero-order valence-corrected chi connectivity index (χ0v) is 14.6. The molecule has 1 amide bonds. The van der Waals surface area contributed by atoms with E-state index in [1.807, 2.05) is 12.3 Å². The van der Waals surface area contributed by atoms with E-state index in [4.69, 9.17) is 0 Å². The van der Waals surface area contributed by atoms with Gasteiger partial charge in [0, 0.05) is 23.8 Å². The van der Waals surface area contributed by atoms with E-state index in [1.54, 1.807) is 0 Å². The van der Waals surface area contributed by atoms with Crippen LogP contribution in [0.2, 0.25) is 0 Å². The number of amides is 1. The van der Waals surface area contributed by atoms with Crippen molar-refractivity contribution < 1.29 is 9.90 Å². The first-order valence-corrected chi connectivity index (χ1v) is 9.38. The average Bonchev–Trinajstić information content (AvgIpc) is 2.95. The van der Waals surface area contributed by atoms with Crippen LogP contribution in [0, 0.1) is 12.8 Å². The highest BCUT2D eigenvalue weighted by atomic mass is 32.1. The zero-order chi connectivity index (χ0) is 17.1. The summed E-state index contributed by atoms with van der Waals surface area (Å²) in [7, 11) is 0. The van der Waals surface area contributed by atoms with Gasteiger partial charge in [-0.05, 0) is 38.5 Å². The Morgan fingerprint density at radius 1 is 1.46 bits per heavy atom. The Bertz CT molecular complexity index is 783. The third-order valence-corrected chi connectivity index (χ3v) is 5.73. The van der Waals surface area contributed by atoms with Crippen LogP contribution in [-0.4, -0.2) is 33.0 Å². The average molecular weight is 349 g/mol. The summed E-state index contributed by atoms with van der Waals surface area (Å²) in [4.78, 5) is 29.4. The van der Waals surface area contributed by atoms with Crippen molar-refractivity contribution in [2.24, 2.45) is 5.92 Å². The molecular formula is C17H23N3O3S. The van der Waals surface area contributed by atoms with Crippen molar-refractivity contribution in [3.05, 3.63) is 33.2 Å². The molecule has 2 aromatic heterocycles. The molecule has 2 aromatic rings. The Balaban J connectivity index is 1.56. The van der Waals surface area contributed by atoms with Crippen LogP contribution in [0.5, 0.6) is 0 Å². The van der Waals surface area contributed by atoms with Crippen LogP contribution < -0.4 is 10.9 Å². The molecular weight excluding hydrogens is 326 g/mol. The Labute approximate surface area is 144 Å². The van der Waals surface area contributed by atoms with Gasteiger partial charge in [0.15, 0.2) is 4.96 Å². The maximum atomic E-state index is 12.4. The van der Waals surface area contributed by atoms with Gasteiger partial charge in [-0.15, -0.1) is 11.3 Å². The third-order valence-electron chi connectivity index (χ3n) is 4.77. The van der Waals surface area contributed by atoms with Crippen LogP contribution in [0.25, 0.3) is 4.96 Å². The van der Waals surface area contributed by atoms with E-state index < -0.39 is 0 Å². The second-order valence-electron chi connectivity index (χ2n) is 6.48. The van der Waals surface area contributed by atoms with Gasteiger partial charge in [-0.2, -0.15) is 0 Å². The molecule has 6 nitrogen and oxygen atoms in total. The fraction of sp³-hybridized carbons (Fsp3) is 0.588. The van der Waals surface area contributed by atoms with E-state index >= 15 is 0 Å². The number of aryl methyl sites for hydroxylation is 1. The van der Waals surface area contributed by atoms with Crippen molar-refractivity contribution in [2.75, 3.05) is 6.54 Å². The van der Waals surface area contributed by atoms with Crippen molar-refractivity contribution >= 4 is 22.2 Å². The molecule has 1 aliphatic rings. The highest BCUT2D eigenvalue weighted by molar-refractivity contribution is 7.15. The smallest absolute Gasteiger partial charge is 0.271 e. The Morgan fingerprint density at radius 2 is 2.25 bits per heavy atom. The highest BCUT2D eigenvalue weighted by Crippen LogP contribution is 2.27. The lowest BCUT2D eigenvalue weighted by molar-refractivity contribution is 0.0641. The highest BCUT2D eigenvalue weighted by Gasteiger charge is 2.22. The molecule has 0 aromatic carbocycles. The molecule has 0 bridgehead atoms. The number of aromatic nitrogens is 2. The summed E-state index contributed by atoms with van der Waals surface area (Å²) in [5.74, 6) is -0.0376.